The number of anilines is 2. The minimum absolute atomic E-state index is 0.0218. The van der Waals surface area contributed by atoms with E-state index < -0.39 is 0 Å². The molecule has 2 aromatic carbocycles. The highest BCUT2D eigenvalue weighted by Gasteiger charge is 2.34. The first-order valence-corrected chi connectivity index (χ1v) is 9.00. The van der Waals surface area contributed by atoms with Crippen LogP contribution in [0.3, 0.4) is 0 Å². The van der Waals surface area contributed by atoms with Gasteiger partial charge in [0.05, 0.1) is 10.6 Å². The van der Waals surface area contributed by atoms with Gasteiger partial charge in [-0.1, -0.05) is 23.5 Å². The van der Waals surface area contributed by atoms with Crippen molar-refractivity contribution in [3.05, 3.63) is 53.3 Å². The van der Waals surface area contributed by atoms with Gasteiger partial charge in [-0.15, -0.1) is 0 Å². The molecule has 0 atom stereocenters. The molecule has 1 amide bonds. The number of fused-ring (bicyclic) bond motifs is 1. The lowest BCUT2D eigenvalue weighted by Crippen LogP contribution is -2.52. The summed E-state index contributed by atoms with van der Waals surface area (Å²) >= 11 is 1.46. The molecular weight excluding hydrogens is 337 g/mol. The Morgan fingerprint density at radius 1 is 1.24 bits per heavy atom. The molecule has 0 radical (unpaired) electrons. The highest BCUT2D eigenvalue weighted by atomic mass is 32.1. The number of halogens is 1. The number of rotatable bonds is 3. The Kier molecular flexibility index (Phi) is 3.92. The van der Waals surface area contributed by atoms with Crippen molar-refractivity contribution in [3.63, 3.8) is 0 Å². The maximum absolute atomic E-state index is 13.8. The van der Waals surface area contributed by atoms with Gasteiger partial charge in [0.1, 0.15) is 11.3 Å². The third kappa shape index (κ3) is 3.09. The summed E-state index contributed by atoms with van der Waals surface area (Å²) in [5, 5.41) is 3.76. The maximum atomic E-state index is 13.8. The second-order valence-electron chi connectivity index (χ2n) is 6.55. The van der Waals surface area contributed by atoms with Crippen molar-refractivity contribution in [3.8, 4) is 0 Å². The zero-order valence-corrected chi connectivity index (χ0v) is 14.9. The van der Waals surface area contributed by atoms with E-state index in [1.54, 1.807) is 6.07 Å². The molecule has 1 saturated heterocycles. The molecule has 1 aromatic heterocycles. The molecule has 1 aliphatic rings. The molecule has 0 unspecified atom stereocenters. The zero-order valence-electron chi connectivity index (χ0n) is 14.0. The molecule has 0 spiro atoms. The average Bonchev–Trinajstić information content (AvgIpc) is 2.89. The summed E-state index contributed by atoms with van der Waals surface area (Å²) in [6, 6.07) is 11.0. The van der Waals surface area contributed by atoms with Crippen molar-refractivity contribution >= 4 is 38.3 Å². The number of para-hydroxylation sites is 1. The number of benzene rings is 2. The fourth-order valence-corrected chi connectivity index (χ4v) is 4.13. The summed E-state index contributed by atoms with van der Waals surface area (Å²) in [6.45, 7) is 5.25. The van der Waals surface area contributed by atoms with E-state index in [0.29, 0.717) is 18.6 Å². The molecule has 128 valence electrons. The summed E-state index contributed by atoms with van der Waals surface area (Å²) in [6.07, 6.45) is 0. The van der Waals surface area contributed by atoms with Crippen LogP contribution in [0.25, 0.3) is 10.2 Å². The molecule has 0 bridgehead atoms. The van der Waals surface area contributed by atoms with Crippen molar-refractivity contribution in [2.45, 2.75) is 13.8 Å². The second-order valence-corrected chi connectivity index (χ2v) is 7.56. The van der Waals surface area contributed by atoms with Crippen LogP contribution >= 0.6 is 11.3 Å². The molecular formula is C19H18FN3OS. The number of carbonyl (C=O) groups excluding carboxylic acids is 1. The molecule has 4 rings (SSSR count). The number of aryl methyl sites for hydroxylation is 2. The van der Waals surface area contributed by atoms with Crippen LogP contribution in [-0.4, -0.2) is 24.0 Å². The van der Waals surface area contributed by atoms with Crippen LogP contribution in [0.5, 0.6) is 0 Å². The predicted molar refractivity (Wildman–Crippen MR) is 99.8 cm³/mol. The van der Waals surface area contributed by atoms with E-state index in [1.165, 1.54) is 17.4 Å². The van der Waals surface area contributed by atoms with Gasteiger partial charge >= 0.3 is 0 Å². The first-order chi connectivity index (χ1) is 12.0. The van der Waals surface area contributed by atoms with Crippen molar-refractivity contribution in [1.82, 2.24) is 4.98 Å². The SMILES string of the molecule is Cc1cc(C)cc(NC(=O)C2CN(c3nc4c(F)cccc4s3)C2)c1. The molecule has 4 nitrogen and oxygen atoms in total. The quantitative estimate of drug-likeness (QED) is 0.768. The van der Waals surface area contributed by atoms with Gasteiger partial charge in [0.2, 0.25) is 5.91 Å². The van der Waals surface area contributed by atoms with Gasteiger partial charge in [-0.2, -0.15) is 0 Å². The third-order valence-electron chi connectivity index (χ3n) is 4.37. The number of thiazole rings is 1. The lowest BCUT2D eigenvalue weighted by Gasteiger charge is -2.37. The second kappa shape index (κ2) is 6.11. The minimum atomic E-state index is -0.301. The molecule has 0 aliphatic carbocycles. The Balaban J connectivity index is 1.42. The van der Waals surface area contributed by atoms with Crippen molar-refractivity contribution in [2.75, 3.05) is 23.3 Å². The topological polar surface area (TPSA) is 45.2 Å². The summed E-state index contributed by atoms with van der Waals surface area (Å²) < 4.78 is 14.6. The van der Waals surface area contributed by atoms with Crippen molar-refractivity contribution in [2.24, 2.45) is 5.92 Å². The van der Waals surface area contributed by atoms with E-state index in [-0.39, 0.29) is 17.6 Å². The van der Waals surface area contributed by atoms with Gasteiger partial charge < -0.3 is 10.2 Å². The number of hydrogen-bond donors (Lipinski definition) is 1. The van der Waals surface area contributed by atoms with E-state index >= 15 is 0 Å². The minimum Gasteiger partial charge on any atom is -0.346 e. The van der Waals surface area contributed by atoms with Crippen LogP contribution in [0.2, 0.25) is 0 Å². The smallest absolute Gasteiger partial charge is 0.231 e. The third-order valence-corrected chi connectivity index (χ3v) is 5.45. The summed E-state index contributed by atoms with van der Waals surface area (Å²) in [5.74, 6) is -0.351. The summed E-state index contributed by atoms with van der Waals surface area (Å²) in [4.78, 5) is 18.8. The molecule has 1 aliphatic heterocycles. The monoisotopic (exact) mass is 355 g/mol. The average molecular weight is 355 g/mol. The fourth-order valence-electron chi connectivity index (χ4n) is 3.13. The van der Waals surface area contributed by atoms with Gasteiger partial charge in [-0.3, -0.25) is 4.79 Å². The number of aromatic nitrogens is 1. The number of hydrogen-bond acceptors (Lipinski definition) is 4. The molecule has 2 heterocycles. The van der Waals surface area contributed by atoms with E-state index in [1.807, 2.05) is 36.9 Å². The highest BCUT2D eigenvalue weighted by molar-refractivity contribution is 7.22. The molecule has 1 fully saturated rings. The molecule has 3 aromatic rings. The van der Waals surface area contributed by atoms with Gasteiger partial charge in [0.25, 0.3) is 0 Å². The molecule has 6 heteroatoms. The predicted octanol–water partition coefficient (Wildman–Crippen LogP) is 4.13. The van der Waals surface area contributed by atoms with Gasteiger partial charge in [0, 0.05) is 18.8 Å². The van der Waals surface area contributed by atoms with Crippen LogP contribution in [-0.2, 0) is 4.79 Å². The van der Waals surface area contributed by atoms with E-state index in [0.717, 1.165) is 26.6 Å². The zero-order chi connectivity index (χ0) is 17.6. The normalized spacial score (nSPS) is 14.6. The van der Waals surface area contributed by atoms with Crippen LogP contribution in [0.15, 0.2) is 36.4 Å². The summed E-state index contributed by atoms with van der Waals surface area (Å²) in [5.41, 5.74) is 3.50. The van der Waals surface area contributed by atoms with Crippen molar-refractivity contribution < 1.29 is 9.18 Å². The Morgan fingerprint density at radius 2 is 1.96 bits per heavy atom. The van der Waals surface area contributed by atoms with Gasteiger partial charge in [-0.25, -0.2) is 9.37 Å². The number of nitrogens with zero attached hydrogens (tertiary/aromatic N) is 2. The largest absolute Gasteiger partial charge is 0.346 e. The van der Waals surface area contributed by atoms with E-state index in [9.17, 15) is 9.18 Å². The van der Waals surface area contributed by atoms with Gasteiger partial charge in [-0.05, 0) is 49.2 Å². The van der Waals surface area contributed by atoms with Crippen LogP contribution in [0.4, 0.5) is 15.2 Å². The molecule has 0 saturated carbocycles. The number of carbonyl (C=O) groups is 1. The number of amides is 1. The van der Waals surface area contributed by atoms with Crippen LogP contribution < -0.4 is 10.2 Å². The number of nitrogens with one attached hydrogen (secondary N) is 1. The van der Waals surface area contributed by atoms with Crippen LogP contribution in [0.1, 0.15) is 11.1 Å². The summed E-state index contributed by atoms with van der Waals surface area (Å²) in [7, 11) is 0. The Hall–Kier alpha value is -2.47. The van der Waals surface area contributed by atoms with Gasteiger partial charge in [0.15, 0.2) is 5.13 Å². The van der Waals surface area contributed by atoms with E-state index in [2.05, 4.69) is 16.4 Å². The first-order valence-electron chi connectivity index (χ1n) is 8.19. The molecule has 25 heavy (non-hydrogen) atoms. The molecule has 1 N–H and O–H groups in total. The van der Waals surface area contributed by atoms with Crippen LogP contribution in [0, 0.1) is 25.6 Å². The van der Waals surface area contributed by atoms with E-state index in [4.69, 9.17) is 0 Å². The lowest BCUT2D eigenvalue weighted by molar-refractivity contribution is -0.120. The van der Waals surface area contributed by atoms with Crippen molar-refractivity contribution in [1.29, 1.82) is 0 Å². The Labute approximate surface area is 149 Å². The lowest BCUT2D eigenvalue weighted by atomic mass is 10.00. The maximum Gasteiger partial charge on any atom is 0.231 e. The fraction of sp³-hybridized carbons (Fsp3) is 0.263. The Bertz CT molecular complexity index is 942. The highest BCUT2D eigenvalue weighted by Crippen LogP contribution is 2.34. The first kappa shape index (κ1) is 16.0. The standard InChI is InChI=1S/C19H18FN3OS/c1-11-6-12(2)8-14(7-11)21-18(24)13-9-23(10-13)19-22-17-15(20)4-3-5-16(17)25-19/h3-8,13H,9-10H2,1-2H3,(H,21,24). The Morgan fingerprint density at radius 3 is 2.64 bits per heavy atom.